The Morgan fingerprint density at radius 1 is 0.757 bits per heavy atom. The number of carbonyl (C=O) groups is 5. The van der Waals surface area contributed by atoms with Gasteiger partial charge in [-0.15, -0.1) is 0 Å². The molecule has 0 bridgehead atoms. The number of pyridine rings is 1. The molecule has 2 atom stereocenters. The molecule has 3 N–H and O–H groups in total. The Labute approximate surface area is 433 Å². The number of carbonyl (C=O) groups excluding carboxylic acids is 5. The number of hydrogen-bond donors (Lipinski definition) is 3. The number of rotatable bonds is 19. The summed E-state index contributed by atoms with van der Waals surface area (Å²) in [6.07, 6.45) is 6.78. The normalized spacial score (nSPS) is 17.0. The van der Waals surface area contributed by atoms with Crippen LogP contribution in [0.4, 0.5) is 9.59 Å². The highest BCUT2D eigenvalue weighted by atomic mass is 16.6. The molecular weight excluding hydrogens is 943 g/mol. The molecule has 0 radical (unpaired) electrons. The molecule has 3 saturated heterocycles. The lowest BCUT2D eigenvalue weighted by Gasteiger charge is -2.43. The average Bonchev–Trinajstić information content (AvgIpc) is 3.83. The van der Waals surface area contributed by atoms with E-state index in [0.717, 1.165) is 83.1 Å². The number of nitrogens with one attached hydrogen (secondary N) is 3. The van der Waals surface area contributed by atoms with Crippen molar-refractivity contribution in [3.63, 3.8) is 0 Å². The number of amides is 4. The van der Waals surface area contributed by atoms with E-state index in [4.69, 9.17) is 19.3 Å². The molecule has 5 heterocycles. The maximum Gasteiger partial charge on any atom is 0.408 e. The Bertz CT molecular complexity index is 2770. The number of para-hydroxylation sites is 1. The summed E-state index contributed by atoms with van der Waals surface area (Å²) in [5.74, 6) is -1.23. The van der Waals surface area contributed by atoms with Crippen LogP contribution in [0.25, 0.3) is 21.8 Å². The third kappa shape index (κ3) is 14.3. The number of piperazine rings is 1. The van der Waals surface area contributed by atoms with E-state index in [1.807, 2.05) is 105 Å². The molecule has 18 heteroatoms. The highest BCUT2D eigenvalue weighted by Gasteiger charge is 2.34. The van der Waals surface area contributed by atoms with Gasteiger partial charge in [-0.1, -0.05) is 68.4 Å². The summed E-state index contributed by atoms with van der Waals surface area (Å²) in [6, 6.07) is 21.5. The van der Waals surface area contributed by atoms with Crippen LogP contribution in [0.1, 0.15) is 93.4 Å². The van der Waals surface area contributed by atoms with Crippen LogP contribution >= 0.6 is 0 Å². The van der Waals surface area contributed by atoms with Gasteiger partial charge in [0.2, 0.25) is 5.91 Å². The Kier molecular flexibility index (Phi) is 18.4. The lowest BCUT2D eigenvalue weighted by atomic mass is 9.89. The molecule has 396 valence electrons. The number of nitrogens with zero attached hydrogens (tertiary/aromatic N) is 6. The van der Waals surface area contributed by atoms with E-state index in [1.165, 1.54) is 0 Å². The van der Waals surface area contributed by atoms with Gasteiger partial charge in [-0.3, -0.25) is 19.3 Å². The highest BCUT2D eigenvalue weighted by molar-refractivity contribution is 5.88. The molecule has 0 saturated carbocycles. The molecule has 18 nitrogen and oxygen atoms in total. The molecule has 0 aliphatic carbocycles. The predicted octanol–water partition coefficient (Wildman–Crippen LogP) is 6.48. The lowest BCUT2D eigenvalue weighted by molar-refractivity contribution is -0.149. The number of esters is 2. The van der Waals surface area contributed by atoms with Crippen molar-refractivity contribution in [2.45, 2.75) is 116 Å². The van der Waals surface area contributed by atoms with Gasteiger partial charge >= 0.3 is 24.1 Å². The van der Waals surface area contributed by atoms with Crippen molar-refractivity contribution in [2.24, 2.45) is 5.92 Å². The number of H-pyrrole nitrogens is 1. The first kappa shape index (κ1) is 53.5. The SMILES string of the molecule is Cc1cc(C[C@@H](NC(=O)N2CCC(c3cc4ccccc4[nH]c3=O)CC2)C(=O)N2CCN(C3CCN(C)CC3)CC2)cc2cn(COC(=O)CCCCCOC(=O)[C@@H](NC(=O)OCc3ccccc3)C(C)C)nc12. The van der Waals surface area contributed by atoms with E-state index in [-0.39, 0.29) is 68.1 Å². The maximum absolute atomic E-state index is 14.5. The predicted molar refractivity (Wildman–Crippen MR) is 281 cm³/mol. The van der Waals surface area contributed by atoms with Crippen molar-refractivity contribution < 1.29 is 38.2 Å². The second kappa shape index (κ2) is 25.4. The largest absolute Gasteiger partial charge is 0.464 e. The summed E-state index contributed by atoms with van der Waals surface area (Å²) >= 11 is 0. The standard InChI is InChI=1S/C56H73N9O9/c1-38(2)50(59-56(71)73-36-40-13-7-5-8-14-40)54(69)72-30-12-6-9-17-49(66)74-37-65-35-44-32-41(31-39(3)51(44)60-65)33-48(53(68)63-28-26-62(27-29-63)45-20-22-61(4)23-21-45)58-55(70)64-24-18-42(19-25-64)46-34-43-15-10-11-16-47(43)57-52(46)67/h5,7-8,10-11,13-16,31-32,34-35,38,42,45,48,50H,6,9,12,17-30,33,36-37H2,1-4H3,(H,57,67)(H,58,70)(H,59,71)/t48-,50+/m1/s1. The summed E-state index contributed by atoms with van der Waals surface area (Å²) in [7, 11) is 2.16. The number of ether oxygens (including phenoxy) is 3. The first-order valence-corrected chi connectivity index (χ1v) is 26.4. The van der Waals surface area contributed by atoms with Crippen LogP contribution in [0, 0.1) is 12.8 Å². The van der Waals surface area contributed by atoms with Crippen LogP contribution in [0.3, 0.4) is 0 Å². The molecule has 3 fully saturated rings. The quantitative estimate of drug-likeness (QED) is 0.0463. The van der Waals surface area contributed by atoms with Crippen molar-refractivity contribution in [3.8, 4) is 0 Å². The minimum absolute atomic E-state index is 0.0141. The van der Waals surface area contributed by atoms with E-state index < -0.39 is 24.1 Å². The number of piperidine rings is 2. The van der Waals surface area contributed by atoms with Gasteiger partial charge in [0, 0.05) is 80.8 Å². The number of aromatic amines is 1. The molecule has 0 spiro atoms. The molecule has 8 rings (SSSR count). The molecule has 5 aromatic rings. The minimum Gasteiger partial charge on any atom is -0.464 e. The molecule has 3 aromatic carbocycles. The number of benzene rings is 3. The molecule has 2 aromatic heterocycles. The van der Waals surface area contributed by atoms with Crippen LogP contribution in [-0.4, -0.2) is 148 Å². The second-order valence-electron chi connectivity index (χ2n) is 20.6. The number of hydrogen-bond acceptors (Lipinski definition) is 12. The van der Waals surface area contributed by atoms with Crippen LogP contribution in [0.2, 0.25) is 0 Å². The van der Waals surface area contributed by atoms with Crippen molar-refractivity contribution in [1.82, 2.24) is 45.0 Å². The smallest absolute Gasteiger partial charge is 0.408 e. The Balaban J connectivity index is 0.824. The zero-order valence-electron chi connectivity index (χ0n) is 43.4. The summed E-state index contributed by atoms with van der Waals surface area (Å²) in [5, 5.41) is 12.3. The van der Waals surface area contributed by atoms with Crippen LogP contribution in [-0.2, 0) is 48.4 Å². The van der Waals surface area contributed by atoms with Gasteiger partial charge < -0.3 is 44.5 Å². The van der Waals surface area contributed by atoms with Crippen LogP contribution in [0.15, 0.2) is 83.8 Å². The molecule has 4 amide bonds. The summed E-state index contributed by atoms with van der Waals surface area (Å²) in [6.45, 7) is 11.6. The van der Waals surface area contributed by atoms with Gasteiger partial charge in [0.1, 0.15) is 18.7 Å². The first-order chi connectivity index (χ1) is 35.8. The first-order valence-electron chi connectivity index (χ1n) is 26.4. The zero-order chi connectivity index (χ0) is 52.1. The fourth-order valence-corrected chi connectivity index (χ4v) is 10.5. The van der Waals surface area contributed by atoms with Crippen LogP contribution < -0.4 is 16.2 Å². The molecule has 74 heavy (non-hydrogen) atoms. The van der Waals surface area contributed by atoms with E-state index >= 15 is 0 Å². The van der Waals surface area contributed by atoms with Gasteiger partial charge in [-0.25, -0.2) is 19.1 Å². The monoisotopic (exact) mass is 1020 g/mol. The molecule has 3 aliphatic rings. The number of likely N-dealkylation sites (tertiary alicyclic amines) is 2. The topological polar surface area (TPSA) is 201 Å². The van der Waals surface area contributed by atoms with Gasteiger partial charge in [0.05, 0.1) is 12.1 Å². The van der Waals surface area contributed by atoms with Crippen molar-refractivity contribution in [3.05, 3.63) is 112 Å². The molecule has 0 unspecified atom stereocenters. The van der Waals surface area contributed by atoms with Gasteiger partial charge in [-0.05, 0) is 124 Å². The van der Waals surface area contributed by atoms with E-state index in [9.17, 15) is 28.8 Å². The molecular formula is C56H73N9O9. The Hall–Kier alpha value is -6.79. The highest BCUT2D eigenvalue weighted by Crippen LogP contribution is 2.28. The number of alkyl carbamates (subject to hydrolysis) is 1. The number of unbranched alkanes of at least 4 members (excludes halogenated alkanes) is 2. The average molecular weight is 1020 g/mol. The van der Waals surface area contributed by atoms with Gasteiger partial charge in [0.25, 0.3) is 5.56 Å². The Morgan fingerprint density at radius 2 is 1.49 bits per heavy atom. The maximum atomic E-state index is 14.5. The van der Waals surface area contributed by atoms with Gasteiger partial charge in [0.15, 0.2) is 6.73 Å². The van der Waals surface area contributed by atoms with E-state index in [1.54, 1.807) is 9.58 Å². The van der Waals surface area contributed by atoms with Crippen molar-refractivity contribution in [1.29, 1.82) is 0 Å². The number of fused-ring (bicyclic) bond motifs is 2. The number of aryl methyl sites for hydroxylation is 1. The Morgan fingerprint density at radius 3 is 2.23 bits per heavy atom. The third-order valence-corrected chi connectivity index (χ3v) is 14.8. The van der Waals surface area contributed by atoms with E-state index in [0.29, 0.717) is 64.3 Å². The summed E-state index contributed by atoms with van der Waals surface area (Å²) < 4.78 is 17.9. The molecule has 3 aliphatic heterocycles. The lowest BCUT2D eigenvalue weighted by Crippen LogP contribution is -2.59. The fourth-order valence-electron chi connectivity index (χ4n) is 10.5. The van der Waals surface area contributed by atoms with Gasteiger partial charge in [-0.2, -0.15) is 5.10 Å². The summed E-state index contributed by atoms with van der Waals surface area (Å²) in [5.41, 5.74) is 4.77. The summed E-state index contributed by atoms with van der Waals surface area (Å²) in [4.78, 5) is 91.3. The minimum atomic E-state index is -0.861. The van der Waals surface area contributed by atoms with Crippen molar-refractivity contribution in [2.75, 3.05) is 66.0 Å². The third-order valence-electron chi connectivity index (χ3n) is 14.8. The van der Waals surface area contributed by atoms with Crippen molar-refractivity contribution >= 4 is 51.8 Å². The zero-order valence-corrected chi connectivity index (χ0v) is 43.4. The number of aromatic nitrogens is 3. The second-order valence-corrected chi connectivity index (χ2v) is 20.6. The van der Waals surface area contributed by atoms with Crippen LogP contribution in [0.5, 0.6) is 0 Å². The number of urea groups is 1. The fraction of sp³-hybridized carbons (Fsp3) is 0.518. The van der Waals surface area contributed by atoms with E-state index in [2.05, 4.69) is 32.5 Å².